The van der Waals surface area contributed by atoms with Crippen molar-refractivity contribution in [2.45, 2.75) is 52.5 Å². The van der Waals surface area contributed by atoms with Gasteiger partial charge in [0.1, 0.15) is 0 Å². The van der Waals surface area contributed by atoms with Crippen LogP contribution in [0.25, 0.3) is 0 Å². The summed E-state index contributed by atoms with van der Waals surface area (Å²) >= 11 is 0. The van der Waals surface area contributed by atoms with Crippen molar-refractivity contribution in [2.75, 3.05) is 6.61 Å². The Hall–Kier alpha value is -2.18. The Morgan fingerprint density at radius 2 is 2.00 bits per heavy atom. The molecule has 0 aliphatic heterocycles. The zero-order valence-corrected chi connectivity index (χ0v) is 15.9. The van der Waals surface area contributed by atoms with Crippen LogP contribution in [0.2, 0.25) is 0 Å². The molecule has 2 saturated carbocycles. The minimum Gasteiger partial charge on any atom is -0.450 e. The Labute approximate surface area is 153 Å². The highest BCUT2D eigenvalue weighted by Gasteiger charge is 2.42. The van der Waals surface area contributed by atoms with E-state index >= 15 is 0 Å². The van der Waals surface area contributed by atoms with Gasteiger partial charge in [-0.1, -0.05) is 6.42 Å². The predicted octanol–water partition coefficient (Wildman–Crippen LogP) is 1.70. The molecule has 2 aliphatic rings. The molecular weight excluding hydrogens is 334 g/mol. The molecule has 0 unspecified atom stereocenters. The highest BCUT2D eigenvalue weighted by Crippen LogP contribution is 2.49. The van der Waals surface area contributed by atoms with E-state index in [1.165, 1.54) is 25.7 Å². The minimum atomic E-state index is -1.02. The van der Waals surface area contributed by atoms with Crippen molar-refractivity contribution >= 4 is 17.7 Å². The number of nitrogens with zero attached hydrogens (tertiary/aromatic N) is 2. The summed E-state index contributed by atoms with van der Waals surface area (Å²) in [6, 6.07) is 0.0648. The van der Waals surface area contributed by atoms with Crippen LogP contribution in [0, 0.1) is 31.6 Å². The number of esters is 1. The first kappa shape index (κ1) is 18.6. The molecule has 0 radical (unpaired) electrons. The number of ether oxygens (including phenoxy) is 1. The maximum absolute atomic E-state index is 12.3. The molecule has 1 amide bonds. The topological polar surface area (TPSA) is 90.3 Å². The Bertz CT molecular complexity index is 739. The maximum atomic E-state index is 12.3. The average molecular weight is 361 g/mol. The van der Waals surface area contributed by atoms with Gasteiger partial charge in [0.25, 0.3) is 11.7 Å². The first-order valence-corrected chi connectivity index (χ1v) is 9.29. The monoisotopic (exact) mass is 361 g/mol. The van der Waals surface area contributed by atoms with E-state index < -0.39 is 18.4 Å². The molecule has 0 spiro atoms. The van der Waals surface area contributed by atoms with Crippen LogP contribution in [0.5, 0.6) is 0 Å². The lowest BCUT2D eigenvalue weighted by atomic mass is 9.84. The Balaban J connectivity index is 1.49. The fraction of sp³-hybridized carbons (Fsp3) is 0.684. The standard InChI is InChI=1S/C19H27N3O4/c1-10(15-8-13-5-6-14(15)7-13)20-16(23)9-26-19(25)18(24)17-11(2)21-22(4)12(17)3/h10,13-15H,5-9H2,1-4H3,(H,20,23)/t10-,13+,14+,15-/m1/s1. The third-order valence-electron chi connectivity index (χ3n) is 6.08. The van der Waals surface area contributed by atoms with Crippen LogP contribution in [0.4, 0.5) is 0 Å². The molecule has 2 fully saturated rings. The molecule has 3 rings (SSSR count). The summed E-state index contributed by atoms with van der Waals surface area (Å²) < 4.78 is 6.47. The van der Waals surface area contributed by atoms with Gasteiger partial charge in [0.15, 0.2) is 6.61 Å². The Morgan fingerprint density at radius 3 is 2.54 bits per heavy atom. The number of hydrogen-bond donors (Lipinski definition) is 1. The number of hydrogen-bond acceptors (Lipinski definition) is 5. The van der Waals surface area contributed by atoms with E-state index in [4.69, 9.17) is 4.74 Å². The van der Waals surface area contributed by atoms with Gasteiger partial charge in [0, 0.05) is 18.8 Å². The van der Waals surface area contributed by atoms with Crippen molar-refractivity contribution in [3.63, 3.8) is 0 Å². The first-order chi connectivity index (χ1) is 12.3. The third kappa shape index (κ3) is 3.52. The summed E-state index contributed by atoms with van der Waals surface area (Å²) in [4.78, 5) is 36.4. The lowest BCUT2D eigenvalue weighted by Crippen LogP contribution is -2.42. The quantitative estimate of drug-likeness (QED) is 0.473. The number of carbonyl (C=O) groups excluding carboxylic acids is 3. The van der Waals surface area contributed by atoms with Crippen LogP contribution in [-0.4, -0.2) is 40.1 Å². The number of aromatic nitrogens is 2. The SMILES string of the molecule is Cc1nn(C)c(C)c1C(=O)C(=O)OCC(=O)N[C@H](C)[C@H]1C[C@H]2CC[C@H]1C2. The Kier molecular flexibility index (Phi) is 5.16. The van der Waals surface area contributed by atoms with E-state index in [1.54, 1.807) is 25.6 Å². The van der Waals surface area contributed by atoms with E-state index in [2.05, 4.69) is 10.4 Å². The van der Waals surface area contributed by atoms with E-state index in [1.807, 2.05) is 6.92 Å². The number of fused-ring (bicyclic) bond motifs is 2. The van der Waals surface area contributed by atoms with Gasteiger partial charge < -0.3 is 10.1 Å². The predicted molar refractivity (Wildman–Crippen MR) is 94.5 cm³/mol. The van der Waals surface area contributed by atoms with Crippen molar-refractivity contribution in [3.8, 4) is 0 Å². The number of amides is 1. The van der Waals surface area contributed by atoms with E-state index in [9.17, 15) is 14.4 Å². The number of nitrogens with one attached hydrogen (secondary N) is 1. The van der Waals surface area contributed by atoms with E-state index in [0.717, 1.165) is 5.92 Å². The second-order valence-corrected chi connectivity index (χ2v) is 7.77. The van der Waals surface area contributed by atoms with Crippen molar-refractivity contribution in [1.82, 2.24) is 15.1 Å². The number of Topliss-reactive ketones (excluding diaryl/α,β-unsaturated/α-hetero) is 1. The number of rotatable bonds is 6. The lowest BCUT2D eigenvalue weighted by Gasteiger charge is -2.28. The van der Waals surface area contributed by atoms with E-state index in [0.29, 0.717) is 23.2 Å². The third-order valence-corrected chi connectivity index (χ3v) is 6.08. The summed E-state index contributed by atoms with van der Waals surface area (Å²) in [6.07, 6.45) is 5.01. The van der Waals surface area contributed by atoms with Crippen molar-refractivity contribution < 1.29 is 19.1 Å². The molecule has 7 nitrogen and oxygen atoms in total. The highest BCUT2D eigenvalue weighted by molar-refractivity contribution is 6.41. The molecule has 142 valence electrons. The van der Waals surface area contributed by atoms with Crippen LogP contribution in [0.3, 0.4) is 0 Å². The average Bonchev–Trinajstić information content (AvgIpc) is 3.28. The molecule has 4 atom stereocenters. The summed E-state index contributed by atoms with van der Waals surface area (Å²) in [5.41, 5.74) is 1.31. The fourth-order valence-corrected chi connectivity index (χ4v) is 4.71. The molecule has 2 bridgehead atoms. The van der Waals surface area contributed by atoms with Gasteiger partial charge >= 0.3 is 5.97 Å². The highest BCUT2D eigenvalue weighted by atomic mass is 16.5. The molecule has 2 aliphatic carbocycles. The maximum Gasteiger partial charge on any atom is 0.380 e. The summed E-state index contributed by atoms with van der Waals surface area (Å²) in [6.45, 7) is 4.95. The Morgan fingerprint density at radius 1 is 1.27 bits per heavy atom. The largest absolute Gasteiger partial charge is 0.450 e. The van der Waals surface area contributed by atoms with Gasteiger partial charge in [-0.2, -0.15) is 5.10 Å². The van der Waals surface area contributed by atoms with Gasteiger partial charge in [-0.3, -0.25) is 14.3 Å². The van der Waals surface area contributed by atoms with Gasteiger partial charge in [0.2, 0.25) is 0 Å². The van der Waals surface area contributed by atoms with Crippen molar-refractivity contribution in [1.29, 1.82) is 0 Å². The van der Waals surface area contributed by atoms with Crippen LogP contribution >= 0.6 is 0 Å². The molecule has 1 N–H and O–H groups in total. The molecule has 1 aromatic rings. The number of ketones is 1. The molecule has 0 saturated heterocycles. The van der Waals surface area contributed by atoms with Crippen LogP contribution in [0.15, 0.2) is 0 Å². The van der Waals surface area contributed by atoms with Gasteiger partial charge in [-0.05, 0) is 57.8 Å². The zero-order chi connectivity index (χ0) is 19.0. The molecule has 1 heterocycles. The minimum absolute atomic E-state index is 0.0648. The van der Waals surface area contributed by atoms with Gasteiger partial charge in [-0.15, -0.1) is 0 Å². The molecule has 7 heteroatoms. The van der Waals surface area contributed by atoms with Crippen LogP contribution in [-0.2, 0) is 21.4 Å². The second kappa shape index (κ2) is 7.21. The normalized spacial score (nSPS) is 25.2. The van der Waals surface area contributed by atoms with Crippen LogP contribution < -0.4 is 5.32 Å². The molecule has 1 aromatic heterocycles. The van der Waals surface area contributed by atoms with Gasteiger partial charge in [-0.25, -0.2) is 4.79 Å². The fourth-order valence-electron chi connectivity index (χ4n) is 4.71. The lowest BCUT2D eigenvalue weighted by molar-refractivity contribution is -0.144. The summed E-state index contributed by atoms with van der Waals surface area (Å²) in [5.74, 6) is -0.118. The second-order valence-electron chi connectivity index (χ2n) is 7.77. The summed E-state index contributed by atoms with van der Waals surface area (Å²) in [7, 11) is 1.70. The van der Waals surface area contributed by atoms with Crippen LogP contribution in [0.1, 0.15) is 54.4 Å². The summed E-state index contributed by atoms with van der Waals surface area (Å²) in [5, 5.41) is 7.04. The molecule has 26 heavy (non-hydrogen) atoms. The smallest absolute Gasteiger partial charge is 0.380 e. The van der Waals surface area contributed by atoms with E-state index in [-0.39, 0.29) is 17.5 Å². The van der Waals surface area contributed by atoms with Crippen molar-refractivity contribution in [3.05, 3.63) is 17.0 Å². The van der Waals surface area contributed by atoms with Gasteiger partial charge in [0.05, 0.1) is 11.3 Å². The molecular formula is C19H27N3O4. The zero-order valence-electron chi connectivity index (χ0n) is 15.9. The van der Waals surface area contributed by atoms with Crippen molar-refractivity contribution in [2.24, 2.45) is 24.8 Å². The number of carbonyl (C=O) groups is 3. The number of aryl methyl sites for hydroxylation is 2. The molecule has 0 aromatic carbocycles. The first-order valence-electron chi connectivity index (χ1n) is 9.29.